The van der Waals surface area contributed by atoms with E-state index in [0.717, 1.165) is 0 Å². The highest BCUT2D eigenvalue weighted by Gasteiger charge is 2.43. The van der Waals surface area contributed by atoms with Crippen LogP contribution in [-0.4, -0.2) is 59.3 Å². The Morgan fingerprint density at radius 1 is 1.43 bits per heavy atom. The van der Waals surface area contributed by atoms with Gasteiger partial charge in [0.15, 0.2) is 0 Å². The molecule has 1 N–H and O–H groups in total. The fourth-order valence-electron chi connectivity index (χ4n) is 2.46. The van der Waals surface area contributed by atoms with Crippen molar-refractivity contribution in [2.24, 2.45) is 0 Å². The highest BCUT2D eigenvalue weighted by molar-refractivity contribution is 6.33. The highest BCUT2D eigenvalue weighted by atomic mass is 35.5. The third-order valence-corrected chi connectivity index (χ3v) is 4.06. The Hall–Kier alpha value is -1.82. The largest absolute Gasteiger partial charge is 0.372 e. The average Bonchev–Trinajstić information content (AvgIpc) is 2.44. The van der Waals surface area contributed by atoms with Gasteiger partial charge in [-0.2, -0.15) is 0 Å². The predicted molar refractivity (Wildman–Crippen MR) is 81.5 cm³/mol. The number of carbonyl (C=O) groups is 2. The van der Waals surface area contributed by atoms with Crippen molar-refractivity contribution < 1.29 is 9.59 Å². The average molecular weight is 311 g/mol. The number of nitrogens with zero attached hydrogens (tertiary/aromatic N) is 3. The highest BCUT2D eigenvalue weighted by Crippen LogP contribution is 2.26. The van der Waals surface area contributed by atoms with Gasteiger partial charge < -0.3 is 15.1 Å². The van der Waals surface area contributed by atoms with E-state index in [-0.39, 0.29) is 11.8 Å². The molecule has 0 radical (unpaired) electrons. The van der Waals surface area contributed by atoms with E-state index < -0.39 is 5.54 Å². The maximum Gasteiger partial charge on any atom is 0.256 e. The molecule has 1 aromatic rings. The quantitative estimate of drug-likeness (QED) is 0.898. The summed E-state index contributed by atoms with van der Waals surface area (Å²) in [6, 6.07) is 1.57. The normalized spacial score (nSPS) is 17.9. The summed E-state index contributed by atoms with van der Waals surface area (Å²) >= 11 is 6.06. The zero-order valence-electron chi connectivity index (χ0n) is 12.6. The third-order valence-electron chi connectivity index (χ3n) is 3.77. The molecule has 0 aliphatic carbocycles. The number of hydrogen-bond acceptors (Lipinski definition) is 4. The van der Waals surface area contributed by atoms with Crippen molar-refractivity contribution in [2.45, 2.75) is 19.4 Å². The van der Waals surface area contributed by atoms with Gasteiger partial charge in [0.1, 0.15) is 11.4 Å². The molecule has 2 amide bonds. The van der Waals surface area contributed by atoms with E-state index >= 15 is 0 Å². The topological polar surface area (TPSA) is 65.5 Å². The first-order chi connectivity index (χ1) is 9.78. The van der Waals surface area contributed by atoms with Crippen molar-refractivity contribution in [1.82, 2.24) is 14.8 Å². The molecule has 21 heavy (non-hydrogen) atoms. The number of nitrogens with one attached hydrogen (secondary N) is 1. The van der Waals surface area contributed by atoms with Gasteiger partial charge in [-0.05, 0) is 19.9 Å². The summed E-state index contributed by atoms with van der Waals surface area (Å²) in [5, 5.41) is 3.22. The van der Waals surface area contributed by atoms with Crippen molar-refractivity contribution >= 4 is 29.2 Å². The Labute approximate surface area is 129 Å². The lowest BCUT2D eigenvalue weighted by molar-refractivity contribution is -0.144. The number of aromatic nitrogens is 1. The number of carbonyl (C=O) groups excluding carboxylic acids is 2. The Balaban J connectivity index is 2.31. The molecule has 0 aromatic carbocycles. The summed E-state index contributed by atoms with van der Waals surface area (Å²) < 4.78 is 0. The molecular weight excluding hydrogens is 292 g/mol. The number of likely N-dealkylation sites (N-methyl/N-ethyl adjacent to an activating group) is 1. The van der Waals surface area contributed by atoms with Gasteiger partial charge in [-0.1, -0.05) is 11.6 Å². The van der Waals surface area contributed by atoms with E-state index in [4.69, 9.17) is 11.6 Å². The Morgan fingerprint density at radius 2 is 2.10 bits per heavy atom. The molecule has 0 bridgehead atoms. The summed E-state index contributed by atoms with van der Waals surface area (Å²) in [6.45, 7) is 4.50. The second kappa shape index (κ2) is 5.52. The van der Waals surface area contributed by atoms with Crippen LogP contribution in [0.4, 0.5) is 5.82 Å². The van der Waals surface area contributed by atoms with Crippen molar-refractivity contribution in [1.29, 1.82) is 0 Å². The minimum Gasteiger partial charge on any atom is -0.372 e. The number of pyridine rings is 1. The monoisotopic (exact) mass is 310 g/mol. The van der Waals surface area contributed by atoms with Crippen LogP contribution < -0.4 is 5.32 Å². The lowest BCUT2D eigenvalue weighted by atomic mass is 9.97. The number of halogens is 1. The van der Waals surface area contributed by atoms with E-state index in [1.165, 1.54) is 6.20 Å². The fourth-order valence-corrected chi connectivity index (χ4v) is 2.72. The zero-order valence-corrected chi connectivity index (χ0v) is 13.4. The molecule has 1 saturated heterocycles. The Morgan fingerprint density at radius 3 is 2.67 bits per heavy atom. The van der Waals surface area contributed by atoms with Crippen LogP contribution in [0.1, 0.15) is 24.2 Å². The van der Waals surface area contributed by atoms with Crippen LogP contribution in [0.3, 0.4) is 0 Å². The number of amides is 2. The Kier molecular flexibility index (Phi) is 4.09. The number of anilines is 1. The molecule has 0 unspecified atom stereocenters. The van der Waals surface area contributed by atoms with Crippen LogP contribution >= 0.6 is 11.6 Å². The smallest absolute Gasteiger partial charge is 0.256 e. The molecule has 1 fully saturated rings. The summed E-state index contributed by atoms with van der Waals surface area (Å²) in [6.07, 6.45) is 1.47. The minimum atomic E-state index is -0.877. The van der Waals surface area contributed by atoms with Crippen molar-refractivity contribution in [3.63, 3.8) is 0 Å². The molecule has 0 saturated carbocycles. The van der Waals surface area contributed by atoms with Gasteiger partial charge in [0.25, 0.3) is 5.91 Å². The molecule has 1 aliphatic heterocycles. The molecule has 7 heteroatoms. The predicted octanol–water partition coefficient (Wildman–Crippen LogP) is 1.47. The molecule has 0 spiro atoms. The maximum absolute atomic E-state index is 12.7. The van der Waals surface area contributed by atoms with Crippen LogP contribution in [0.2, 0.25) is 5.02 Å². The van der Waals surface area contributed by atoms with Gasteiger partial charge in [0, 0.05) is 33.4 Å². The van der Waals surface area contributed by atoms with Gasteiger partial charge >= 0.3 is 0 Å². The van der Waals surface area contributed by atoms with Gasteiger partial charge in [-0.15, -0.1) is 0 Å². The fraction of sp³-hybridized carbons (Fsp3) is 0.500. The lowest BCUT2D eigenvalue weighted by Crippen LogP contribution is -2.63. The van der Waals surface area contributed by atoms with E-state index in [2.05, 4.69) is 10.3 Å². The molecule has 2 rings (SSSR count). The van der Waals surface area contributed by atoms with E-state index in [1.54, 1.807) is 43.8 Å². The van der Waals surface area contributed by atoms with Crippen LogP contribution in [0, 0.1) is 0 Å². The van der Waals surface area contributed by atoms with E-state index in [0.29, 0.717) is 29.5 Å². The first kappa shape index (κ1) is 15.6. The SMILES string of the molecule is CNc1ncc(C(=O)N2CCN(C)C(=O)C2(C)C)cc1Cl. The number of rotatable bonds is 2. The van der Waals surface area contributed by atoms with Gasteiger partial charge in [0.2, 0.25) is 5.91 Å². The minimum absolute atomic E-state index is 0.0759. The summed E-state index contributed by atoms with van der Waals surface area (Å²) in [5.74, 6) is 0.202. The molecule has 2 heterocycles. The number of piperazine rings is 1. The van der Waals surface area contributed by atoms with Crippen LogP contribution in [-0.2, 0) is 4.79 Å². The maximum atomic E-state index is 12.7. The first-order valence-corrected chi connectivity index (χ1v) is 7.07. The first-order valence-electron chi connectivity index (χ1n) is 6.70. The number of hydrogen-bond donors (Lipinski definition) is 1. The Bertz CT molecular complexity index is 588. The molecule has 1 aromatic heterocycles. The van der Waals surface area contributed by atoms with Gasteiger partial charge in [-0.25, -0.2) is 4.98 Å². The third kappa shape index (κ3) is 2.68. The van der Waals surface area contributed by atoms with Crippen LogP contribution in [0.15, 0.2) is 12.3 Å². The van der Waals surface area contributed by atoms with Crippen molar-refractivity contribution in [3.05, 3.63) is 22.8 Å². The van der Waals surface area contributed by atoms with Gasteiger partial charge in [-0.3, -0.25) is 9.59 Å². The summed E-state index contributed by atoms with van der Waals surface area (Å²) in [4.78, 5) is 32.2. The summed E-state index contributed by atoms with van der Waals surface area (Å²) in [7, 11) is 3.45. The van der Waals surface area contributed by atoms with Crippen molar-refractivity contribution in [3.8, 4) is 0 Å². The lowest BCUT2D eigenvalue weighted by Gasteiger charge is -2.44. The zero-order chi connectivity index (χ0) is 15.8. The molecule has 1 aliphatic rings. The van der Waals surface area contributed by atoms with E-state index in [9.17, 15) is 9.59 Å². The van der Waals surface area contributed by atoms with Crippen LogP contribution in [0.25, 0.3) is 0 Å². The standard InChI is InChI=1S/C14H19ClN4O2/c1-14(2)13(21)18(4)5-6-19(14)12(20)9-7-10(15)11(16-3)17-8-9/h7-8H,5-6H2,1-4H3,(H,16,17). The molecule has 0 atom stereocenters. The summed E-state index contributed by atoms with van der Waals surface area (Å²) in [5.41, 5.74) is -0.498. The second-order valence-electron chi connectivity index (χ2n) is 5.55. The van der Waals surface area contributed by atoms with E-state index in [1.807, 2.05) is 0 Å². The van der Waals surface area contributed by atoms with Crippen molar-refractivity contribution in [2.75, 3.05) is 32.5 Å². The van der Waals surface area contributed by atoms with Crippen LogP contribution in [0.5, 0.6) is 0 Å². The molecule has 114 valence electrons. The molecular formula is C14H19ClN4O2. The molecule has 6 nitrogen and oxygen atoms in total. The second-order valence-corrected chi connectivity index (χ2v) is 5.95. The van der Waals surface area contributed by atoms with Gasteiger partial charge in [0.05, 0.1) is 10.6 Å².